The van der Waals surface area contributed by atoms with E-state index in [0.29, 0.717) is 17.1 Å². The first-order chi connectivity index (χ1) is 17.9. The quantitative estimate of drug-likeness (QED) is 0.152. The number of nitrogens with one attached hydrogen (secondary N) is 2. The van der Waals surface area contributed by atoms with E-state index < -0.39 is 24.4 Å². The molecule has 1 saturated heterocycles. The third-order valence-corrected chi connectivity index (χ3v) is 7.31. The lowest BCUT2D eigenvalue weighted by molar-refractivity contribution is -0.129. The Morgan fingerprint density at radius 1 is 1.00 bits per heavy atom. The summed E-state index contributed by atoms with van der Waals surface area (Å²) < 4.78 is 11.8. The molecule has 0 bridgehead atoms. The summed E-state index contributed by atoms with van der Waals surface area (Å²) in [6.07, 6.45) is -0.401. The third-order valence-electron chi connectivity index (χ3n) is 6.64. The van der Waals surface area contributed by atoms with Gasteiger partial charge in [-0.25, -0.2) is 9.78 Å². The normalized spacial score (nSPS) is 18.1. The van der Waals surface area contributed by atoms with Crippen molar-refractivity contribution in [3.05, 3.63) is 93.3 Å². The number of carbonyl (C=O) groups excluding carboxylic acids is 2. The highest BCUT2D eigenvalue weighted by Crippen LogP contribution is 2.39. The fourth-order valence-corrected chi connectivity index (χ4v) is 5.12. The Labute approximate surface area is 228 Å². The molecule has 1 unspecified atom stereocenters. The number of ether oxygens (including phenoxy) is 2. The second-order valence-electron chi connectivity index (χ2n) is 9.01. The number of benzene rings is 3. The van der Waals surface area contributed by atoms with Gasteiger partial charge >= 0.3 is 6.03 Å². The number of hydrogen-bond acceptors (Lipinski definition) is 5. The lowest BCUT2D eigenvalue weighted by atomic mass is 9.91. The van der Waals surface area contributed by atoms with Gasteiger partial charge in [0.15, 0.2) is 6.29 Å². The van der Waals surface area contributed by atoms with Gasteiger partial charge in [-0.1, -0.05) is 49.4 Å². The van der Waals surface area contributed by atoms with Gasteiger partial charge in [0.1, 0.15) is 23.7 Å². The van der Waals surface area contributed by atoms with Crippen molar-refractivity contribution in [2.24, 2.45) is 0 Å². The van der Waals surface area contributed by atoms with Gasteiger partial charge in [0, 0.05) is 16.6 Å². The minimum Gasteiger partial charge on any atom is -0.465 e. The number of imide groups is 1. The van der Waals surface area contributed by atoms with Crippen LogP contribution in [0, 0.1) is 3.57 Å². The van der Waals surface area contributed by atoms with E-state index in [2.05, 4.69) is 32.9 Å². The lowest BCUT2D eigenvalue weighted by Crippen LogP contribution is -2.38. The summed E-state index contributed by atoms with van der Waals surface area (Å²) >= 11 is 2.25. The van der Waals surface area contributed by atoms with E-state index in [1.54, 1.807) is 38.3 Å². The maximum absolute atomic E-state index is 13.8. The molecule has 2 N–H and O–H groups in total. The van der Waals surface area contributed by atoms with E-state index in [9.17, 15) is 9.59 Å². The van der Waals surface area contributed by atoms with Crippen LogP contribution in [-0.2, 0) is 9.53 Å². The number of aromatic nitrogens is 2. The van der Waals surface area contributed by atoms with E-state index in [-0.39, 0.29) is 11.8 Å². The zero-order valence-corrected chi connectivity index (χ0v) is 22.8. The van der Waals surface area contributed by atoms with Crippen LogP contribution in [0.3, 0.4) is 0 Å². The van der Waals surface area contributed by atoms with E-state index >= 15 is 0 Å². The Balaban J connectivity index is 1.50. The molecule has 190 valence electrons. The molecular formula is C28H27IN4O4. The zero-order chi connectivity index (χ0) is 26.1. The Hall–Kier alpha value is -3.44. The standard InChI is InChI=1S/C28H27IN4O4/c1-16(18-7-5-4-6-8-18)25(26-30-22-14-11-20(29)15-23(22)31-26)33-27(34)24(32-28(33)35)19-9-12-21(13-10-19)37-17(2)36-3/h4-17,24-25H,1-3H3,(H,30,31)(H,32,35)/t16-,17+,24?,25-/m0/s1. The fourth-order valence-electron chi connectivity index (χ4n) is 4.63. The number of urea groups is 1. The van der Waals surface area contributed by atoms with Crippen LogP contribution in [0.15, 0.2) is 72.8 Å². The summed E-state index contributed by atoms with van der Waals surface area (Å²) in [6.45, 7) is 3.80. The molecule has 0 radical (unpaired) electrons. The number of halogens is 1. The number of nitrogens with zero attached hydrogens (tertiary/aromatic N) is 2. The van der Waals surface area contributed by atoms with Gasteiger partial charge in [0.25, 0.3) is 5.91 Å². The van der Waals surface area contributed by atoms with E-state index in [1.165, 1.54) is 4.90 Å². The molecule has 37 heavy (non-hydrogen) atoms. The molecule has 1 aromatic heterocycles. The van der Waals surface area contributed by atoms with Crippen molar-refractivity contribution >= 4 is 45.6 Å². The molecule has 0 saturated carbocycles. The van der Waals surface area contributed by atoms with Gasteiger partial charge in [-0.05, 0) is 71.0 Å². The van der Waals surface area contributed by atoms with Crippen LogP contribution in [0.5, 0.6) is 5.75 Å². The number of amides is 3. The van der Waals surface area contributed by atoms with Crippen LogP contribution in [0.25, 0.3) is 11.0 Å². The van der Waals surface area contributed by atoms with Crippen LogP contribution in [0.2, 0.25) is 0 Å². The molecule has 8 nitrogen and oxygen atoms in total. The number of imidazole rings is 1. The summed E-state index contributed by atoms with van der Waals surface area (Å²) in [5.74, 6) is 0.640. The van der Waals surface area contributed by atoms with Crippen LogP contribution in [0.1, 0.15) is 48.8 Å². The molecule has 3 amide bonds. The average Bonchev–Trinajstić information content (AvgIpc) is 3.45. The predicted octanol–water partition coefficient (Wildman–Crippen LogP) is 5.68. The van der Waals surface area contributed by atoms with Crippen LogP contribution >= 0.6 is 22.6 Å². The van der Waals surface area contributed by atoms with Crippen molar-refractivity contribution in [3.63, 3.8) is 0 Å². The first kappa shape index (κ1) is 25.2. The molecule has 1 aliphatic rings. The maximum atomic E-state index is 13.8. The zero-order valence-electron chi connectivity index (χ0n) is 20.6. The largest absolute Gasteiger partial charge is 0.465 e. The van der Waals surface area contributed by atoms with Crippen molar-refractivity contribution in [1.82, 2.24) is 20.2 Å². The van der Waals surface area contributed by atoms with Gasteiger partial charge in [0.05, 0.1) is 11.0 Å². The Kier molecular flexibility index (Phi) is 7.16. The van der Waals surface area contributed by atoms with Crippen LogP contribution in [-0.4, -0.2) is 40.2 Å². The van der Waals surface area contributed by atoms with E-state index in [1.807, 2.05) is 55.5 Å². The summed E-state index contributed by atoms with van der Waals surface area (Å²) in [5.41, 5.74) is 3.31. The van der Waals surface area contributed by atoms with E-state index in [4.69, 9.17) is 14.5 Å². The summed E-state index contributed by atoms with van der Waals surface area (Å²) in [7, 11) is 1.57. The topological polar surface area (TPSA) is 96.6 Å². The average molecular weight is 610 g/mol. The summed E-state index contributed by atoms with van der Waals surface area (Å²) in [5, 5.41) is 2.87. The van der Waals surface area contributed by atoms with Crippen molar-refractivity contribution in [2.75, 3.05) is 7.11 Å². The number of H-pyrrole nitrogens is 1. The monoisotopic (exact) mass is 610 g/mol. The highest BCUT2D eigenvalue weighted by atomic mass is 127. The number of aromatic amines is 1. The molecule has 1 aliphatic heterocycles. The van der Waals surface area contributed by atoms with Crippen molar-refractivity contribution in [1.29, 1.82) is 0 Å². The van der Waals surface area contributed by atoms with Crippen molar-refractivity contribution < 1.29 is 19.1 Å². The van der Waals surface area contributed by atoms with Gasteiger partial charge in [-0.15, -0.1) is 0 Å². The predicted molar refractivity (Wildman–Crippen MR) is 148 cm³/mol. The first-order valence-electron chi connectivity index (χ1n) is 12.0. The van der Waals surface area contributed by atoms with E-state index in [0.717, 1.165) is 20.2 Å². The highest BCUT2D eigenvalue weighted by Gasteiger charge is 2.46. The summed E-state index contributed by atoms with van der Waals surface area (Å²) in [4.78, 5) is 36.6. The highest BCUT2D eigenvalue weighted by molar-refractivity contribution is 14.1. The second-order valence-corrected chi connectivity index (χ2v) is 10.3. The number of carbonyl (C=O) groups is 2. The van der Waals surface area contributed by atoms with Gasteiger partial charge in [0.2, 0.25) is 0 Å². The smallest absolute Gasteiger partial charge is 0.325 e. The lowest BCUT2D eigenvalue weighted by Gasteiger charge is -2.29. The molecule has 2 heterocycles. The van der Waals surface area contributed by atoms with Gasteiger partial charge < -0.3 is 19.8 Å². The maximum Gasteiger partial charge on any atom is 0.325 e. The number of rotatable bonds is 8. The first-order valence-corrected chi connectivity index (χ1v) is 13.1. The Morgan fingerprint density at radius 3 is 2.43 bits per heavy atom. The molecule has 1 fully saturated rings. The number of fused-ring (bicyclic) bond motifs is 1. The fraction of sp³-hybridized carbons (Fsp3) is 0.250. The second kappa shape index (κ2) is 10.5. The van der Waals surface area contributed by atoms with Gasteiger partial charge in [-0.2, -0.15) is 0 Å². The molecule has 4 atom stereocenters. The molecular weight excluding hydrogens is 583 g/mol. The number of hydrogen-bond donors (Lipinski definition) is 2. The van der Waals surface area contributed by atoms with Crippen molar-refractivity contribution in [2.45, 2.75) is 38.1 Å². The molecule has 4 aromatic rings. The molecule has 3 aromatic carbocycles. The van der Waals surface area contributed by atoms with Crippen molar-refractivity contribution in [3.8, 4) is 5.75 Å². The SMILES string of the molecule is CO[C@@H](C)Oc1ccc(C2NC(=O)N([C@H](c3nc4ccc(I)cc4[nH]3)[C@@H](C)c3ccccc3)C2=O)cc1. The Bertz CT molecular complexity index is 1420. The van der Waals surface area contributed by atoms with Crippen LogP contribution < -0.4 is 10.1 Å². The molecule has 5 rings (SSSR count). The Morgan fingerprint density at radius 2 is 1.73 bits per heavy atom. The minimum absolute atomic E-state index is 0.208. The molecule has 9 heteroatoms. The summed E-state index contributed by atoms with van der Waals surface area (Å²) in [6, 6.07) is 21.0. The van der Waals surface area contributed by atoms with Gasteiger partial charge in [-0.3, -0.25) is 9.69 Å². The molecule has 0 spiro atoms. The minimum atomic E-state index is -0.808. The third kappa shape index (κ3) is 5.05. The number of methoxy groups -OCH3 is 1. The molecule has 0 aliphatic carbocycles. The van der Waals surface area contributed by atoms with Crippen LogP contribution in [0.4, 0.5) is 4.79 Å².